The fraction of sp³-hybridized carbons (Fsp3) is 0.294. The molecule has 0 radical (unpaired) electrons. The Kier molecular flexibility index (Phi) is 3.07. The number of fused-ring (bicyclic) bond motifs is 1. The molecule has 1 aromatic carbocycles. The number of aromatic nitrogens is 3. The molecule has 3 aromatic rings. The molecule has 2 aromatic heterocycles. The van der Waals surface area contributed by atoms with Crippen molar-refractivity contribution in [3.63, 3.8) is 0 Å². The van der Waals surface area contributed by atoms with Gasteiger partial charge in [-0.3, -0.25) is 0 Å². The van der Waals surface area contributed by atoms with Gasteiger partial charge < -0.3 is 9.88 Å². The molecule has 1 aliphatic heterocycles. The van der Waals surface area contributed by atoms with Crippen molar-refractivity contribution in [1.29, 1.82) is 0 Å². The van der Waals surface area contributed by atoms with Crippen molar-refractivity contribution in [2.75, 3.05) is 18.0 Å². The first-order valence-corrected chi connectivity index (χ1v) is 7.50. The maximum absolute atomic E-state index is 4.81. The molecule has 1 fully saturated rings. The molecular weight excluding hydrogens is 260 g/mol. The highest BCUT2D eigenvalue weighted by molar-refractivity contribution is 5.80. The van der Waals surface area contributed by atoms with E-state index in [9.17, 15) is 0 Å². The van der Waals surface area contributed by atoms with Crippen molar-refractivity contribution < 1.29 is 0 Å². The zero-order valence-corrected chi connectivity index (χ0v) is 11.9. The highest BCUT2D eigenvalue weighted by Crippen LogP contribution is 2.28. The lowest BCUT2D eigenvalue weighted by Gasteiger charge is -2.32. The van der Waals surface area contributed by atoms with Gasteiger partial charge in [0.1, 0.15) is 11.6 Å². The minimum Gasteiger partial charge on any atom is -0.356 e. The Labute approximate surface area is 123 Å². The summed E-state index contributed by atoms with van der Waals surface area (Å²) >= 11 is 0. The molecule has 21 heavy (non-hydrogen) atoms. The molecule has 3 heterocycles. The second-order valence-corrected chi connectivity index (χ2v) is 5.62. The number of pyridine rings is 1. The number of hydrogen-bond donors (Lipinski definition) is 1. The Hall–Kier alpha value is -2.36. The van der Waals surface area contributed by atoms with Crippen LogP contribution in [-0.2, 0) is 0 Å². The lowest BCUT2D eigenvalue weighted by atomic mass is 9.97. The Bertz CT molecular complexity index is 735. The Morgan fingerprint density at radius 1 is 1.14 bits per heavy atom. The molecular formula is C17H18N4. The maximum Gasteiger partial charge on any atom is 0.129 e. The molecule has 1 aliphatic rings. The molecule has 0 saturated carbocycles. The topological polar surface area (TPSA) is 44.8 Å². The number of piperidine rings is 1. The van der Waals surface area contributed by atoms with Crippen LogP contribution in [0.5, 0.6) is 0 Å². The summed E-state index contributed by atoms with van der Waals surface area (Å²) in [5.74, 6) is 2.65. The molecule has 4 heteroatoms. The summed E-state index contributed by atoms with van der Waals surface area (Å²) in [5, 5.41) is 1.20. The Morgan fingerprint density at radius 2 is 2.10 bits per heavy atom. The number of rotatable bonds is 2. The van der Waals surface area contributed by atoms with Gasteiger partial charge in [-0.1, -0.05) is 18.2 Å². The number of H-pyrrole nitrogens is 1. The van der Waals surface area contributed by atoms with E-state index in [1.165, 1.54) is 18.2 Å². The van der Waals surface area contributed by atoms with Gasteiger partial charge in [-0.2, -0.15) is 0 Å². The van der Waals surface area contributed by atoms with E-state index in [2.05, 4.69) is 45.2 Å². The molecule has 0 spiro atoms. The number of imidazole rings is 1. The van der Waals surface area contributed by atoms with Crippen molar-refractivity contribution in [3.8, 4) is 0 Å². The zero-order chi connectivity index (χ0) is 14.1. The lowest BCUT2D eigenvalue weighted by Crippen LogP contribution is -2.35. The quantitative estimate of drug-likeness (QED) is 0.782. The first kappa shape index (κ1) is 12.4. The van der Waals surface area contributed by atoms with Crippen LogP contribution in [0.15, 0.2) is 48.8 Å². The van der Waals surface area contributed by atoms with Gasteiger partial charge >= 0.3 is 0 Å². The van der Waals surface area contributed by atoms with Gasteiger partial charge in [-0.15, -0.1) is 0 Å². The standard InChI is InChI=1S/C17H18N4/c1-2-6-15-13(4-1)7-8-16(20-15)21-11-3-5-14(12-21)17-18-9-10-19-17/h1-2,4,6-10,14H,3,5,11-12H2,(H,18,19). The number of nitrogens with zero attached hydrogens (tertiary/aromatic N) is 3. The van der Waals surface area contributed by atoms with Crippen LogP contribution in [0.4, 0.5) is 5.82 Å². The average molecular weight is 278 g/mol. The van der Waals surface area contributed by atoms with Crippen molar-refractivity contribution in [1.82, 2.24) is 15.0 Å². The lowest BCUT2D eigenvalue weighted by molar-refractivity contribution is 0.492. The van der Waals surface area contributed by atoms with Crippen molar-refractivity contribution in [2.45, 2.75) is 18.8 Å². The van der Waals surface area contributed by atoms with Gasteiger partial charge in [0.05, 0.1) is 5.52 Å². The normalized spacial score (nSPS) is 19.0. The van der Waals surface area contributed by atoms with Crippen LogP contribution >= 0.6 is 0 Å². The van der Waals surface area contributed by atoms with Crippen LogP contribution in [0.25, 0.3) is 10.9 Å². The minimum atomic E-state index is 0.474. The predicted molar refractivity (Wildman–Crippen MR) is 84.5 cm³/mol. The number of aromatic amines is 1. The third kappa shape index (κ3) is 2.37. The molecule has 0 aliphatic carbocycles. The largest absolute Gasteiger partial charge is 0.356 e. The third-order valence-corrected chi connectivity index (χ3v) is 4.24. The van der Waals surface area contributed by atoms with Crippen molar-refractivity contribution >= 4 is 16.7 Å². The van der Waals surface area contributed by atoms with Gasteiger partial charge in [0.25, 0.3) is 0 Å². The highest BCUT2D eigenvalue weighted by atomic mass is 15.2. The van der Waals surface area contributed by atoms with Crippen LogP contribution in [0.3, 0.4) is 0 Å². The molecule has 1 saturated heterocycles. The number of hydrogen-bond acceptors (Lipinski definition) is 3. The van der Waals surface area contributed by atoms with E-state index in [0.29, 0.717) is 5.92 Å². The van der Waals surface area contributed by atoms with Crippen LogP contribution in [0.1, 0.15) is 24.6 Å². The van der Waals surface area contributed by atoms with E-state index in [1.807, 2.05) is 18.5 Å². The minimum absolute atomic E-state index is 0.474. The van der Waals surface area contributed by atoms with E-state index >= 15 is 0 Å². The molecule has 1 atom stereocenters. The fourth-order valence-corrected chi connectivity index (χ4v) is 3.14. The van der Waals surface area contributed by atoms with E-state index in [0.717, 1.165) is 30.2 Å². The molecule has 106 valence electrons. The average Bonchev–Trinajstić information content (AvgIpc) is 3.09. The summed E-state index contributed by atoms with van der Waals surface area (Å²) < 4.78 is 0. The summed E-state index contributed by atoms with van der Waals surface area (Å²) in [4.78, 5) is 14.9. The molecule has 1 N–H and O–H groups in total. The molecule has 1 unspecified atom stereocenters. The van der Waals surface area contributed by atoms with Crippen molar-refractivity contribution in [2.24, 2.45) is 0 Å². The summed E-state index contributed by atoms with van der Waals surface area (Å²) in [6.07, 6.45) is 6.11. The Balaban J connectivity index is 1.62. The summed E-state index contributed by atoms with van der Waals surface area (Å²) in [7, 11) is 0. The van der Waals surface area contributed by atoms with Crippen molar-refractivity contribution in [3.05, 3.63) is 54.6 Å². The van der Waals surface area contributed by atoms with E-state index in [-0.39, 0.29) is 0 Å². The van der Waals surface area contributed by atoms with Crippen LogP contribution in [0.2, 0.25) is 0 Å². The number of anilines is 1. The second kappa shape index (κ2) is 5.20. The first-order valence-electron chi connectivity index (χ1n) is 7.50. The van der Waals surface area contributed by atoms with Gasteiger partial charge in [0, 0.05) is 36.8 Å². The van der Waals surface area contributed by atoms with Crippen LogP contribution in [0, 0.1) is 0 Å². The maximum atomic E-state index is 4.81. The monoisotopic (exact) mass is 278 g/mol. The molecule has 4 rings (SSSR count). The van der Waals surface area contributed by atoms with E-state index < -0.39 is 0 Å². The van der Waals surface area contributed by atoms with Gasteiger partial charge in [-0.25, -0.2) is 9.97 Å². The highest BCUT2D eigenvalue weighted by Gasteiger charge is 2.23. The number of benzene rings is 1. The van der Waals surface area contributed by atoms with Crippen LogP contribution < -0.4 is 4.90 Å². The number of para-hydroxylation sites is 1. The van der Waals surface area contributed by atoms with Gasteiger partial charge in [0.15, 0.2) is 0 Å². The second-order valence-electron chi connectivity index (χ2n) is 5.62. The fourth-order valence-electron chi connectivity index (χ4n) is 3.14. The van der Waals surface area contributed by atoms with E-state index in [4.69, 9.17) is 4.98 Å². The predicted octanol–water partition coefficient (Wildman–Crippen LogP) is 3.34. The first-order chi connectivity index (χ1) is 10.4. The SMILES string of the molecule is c1ccc2nc(N3CCCC(c4ncc[nH]4)C3)ccc2c1. The zero-order valence-electron chi connectivity index (χ0n) is 11.9. The summed E-state index contributed by atoms with van der Waals surface area (Å²) in [6, 6.07) is 12.6. The summed E-state index contributed by atoms with van der Waals surface area (Å²) in [6.45, 7) is 2.06. The Morgan fingerprint density at radius 3 is 3.00 bits per heavy atom. The summed E-state index contributed by atoms with van der Waals surface area (Å²) in [5.41, 5.74) is 1.06. The van der Waals surface area contributed by atoms with Crippen LogP contribution in [-0.4, -0.2) is 28.0 Å². The number of nitrogens with one attached hydrogen (secondary N) is 1. The van der Waals surface area contributed by atoms with E-state index in [1.54, 1.807) is 0 Å². The molecule has 0 bridgehead atoms. The third-order valence-electron chi connectivity index (χ3n) is 4.24. The molecule has 4 nitrogen and oxygen atoms in total. The van der Waals surface area contributed by atoms with Gasteiger partial charge in [0.2, 0.25) is 0 Å². The molecule has 0 amide bonds. The smallest absolute Gasteiger partial charge is 0.129 e. The van der Waals surface area contributed by atoms with Gasteiger partial charge in [-0.05, 0) is 31.0 Å².